The molecule has 25 heavy (non-hydrogen) atoms. The van der Waals surface area contributed by atoms with Crippen molar-refractivity contribution in [3.05, 3.63) is 69.8 Å². The summed E-state index contributed by atoms with van der Waals surface area (Å²) in [7, 11) is 0. The molecule has 0 aromatic heterocycles. The van der Waals surface area contributed by atoms with E-state index in [1.54, 1.807) is 13.0 Å². The number of nitrogens with one attached hydrogen (secondary N) is 2. The van der Waals surface area contributed by atoms with Gasteiger partial charge in [0.15, 0.2) is 0 Å². The molecule has 0 fully saturated rings. The molecule has 0 bridgehead atoms. The number of hydrogen-bond acceptors (Lipinski definition) is 4. The molecule has 0 radical (unpaired) electrons. The fourth-order valence-electron chi connectivity index (χ4n) is 2.53. The third kappa shape index (κ3) is 4.87. The summed E-state index contributed by atoms with van der Waals surface area (Å²) < 4.78 is 0. The van der Waals surface area contributed by atoms with Crippen molar-refractivity contribution in [3.8, 4) is 0 Å². The zero-order chi connectivity index (χ0) is 18.4. The van der Waals surface area contributed by atoms with Crippen LogP contribution in [0.1, 0.15) is 30.5 Å². The maximum atomic E-state index is 12.4. The van der Waals surface area contributed by atoms with Gasteiger partial charge in [0, 0.05) is 13.0 Å². The van der Waals surface area contributed by atoms with Gasteiger partial charge in [-0.2, -0.15) is 0 Å². The summed E-state index contributed by atoms with van der Waals surface area (Å²) in [6, 6.07) is 13.2. The number of benzene rings is 2. The van der Waals surface area contributed by atoms with Gasteiger partial charge in [0.1, 0.15) is 0 Å². The Kier molecular flexibility index (Phi) is 5.84. The van der Waals surface area contributed by atoms with Crippen molar-refractivity contribution in [2.75, 3.05) is 5.32 Å². The van der Waals surface area contributed by atoms with Crippen LogP contribution in [-0.2, 0) is 9.59 Å². The van der Waals surface area contributed by atoms with Crippen LogP contribution in [0.3, 0.4) is 0 Å². The maximum Gasteiger partial charge on any atom is 0.274 e. The Morgan fingerprint density at radius 2 is 1.80 bits per heavy atom. The first-order chi connectivity index (χ1) is 11.9. The quantitative estimate of drug-likeness (QED) is 0.622. The Labute approximate surface area is 145 Å². The first kappa shape index (κ1) is 18.1. The second kappa shape index (κ2) is 8.05. The molecule has 0 saturated heterocycles. The van der Waals surface area contributed by atoms with E-state index in [9.17, 15) is 19.7 Å². The fraction of sp³-hybridized carbons (Fsp3) is 0.222. The molecule has 7 nitrogen and oxygen atoms in total. The zero-order valence-electron chi connectivity index (χ0n) is 14.0. The number of amides is 2. The van der Waals surface area contributed by atoms with Crippen LogP contribution < -0.4 is 10.6 Å². The van der Waals surface area contributed by atoms with Crippen LogP contribution in [0.2, 0.25) is 0 Å². The number of carbonyl (C=O) groups is 2. The van der Waals surface area contributed by atoms with E-state index in [1.807, 2.05) is 30.3 Å². The average Bonchev–Trinajstić information content (AvgIpc) is 2.56. The molecule has 2 aromatic carbocycles. The predicted molar refractivity (Wildman–Crippen MR) is 94.1 cm³/mol. The Morgan fingerprint density at radius 1 is 1.12 bits per heavy atom. The van der Waals surface area contributed by atoms with E-state index in [1.165, 1.54) is 19.1 Å². The molecule has 130 valence electrons. The van der Waals surface area contributed by atoms with Crippen LogP contribution in [0.25, 0.3) is 0 Å². The predicted octanol–water partition coefficient (Wildman–Crippen LogP) is 3.11. The lowest BCUT2D eigenvalue weighted by atomic mass is 10.0. The molecule has 0 heterocycles. The molecule has 2 N–H and O–H groups in total. The van der Waals surface area contributed by atoms with Crippen molar-refractivity contribution in [1.29, 1.82) is 0 Å². The van der Waals surface area contributed by atoms with Crippen LogP contribution >= 0.6 is 0 Å². The number of nitrogens with zero attached hydrogens (tertiary/aromatic N) is 1. The average molecular weight is 341 g/mol. The molecule has 0 saturated carbocycles. The number of nitro benzene ring substituents is 1. The second-order valence-corrected chi connectivity index (χ2v) is 5.62. The molecule has 0 aliphatic carbocycles. The lowest BCUT2D eigenvalue weighted by molar-refractivity contribution is -0.385. The summed E-state index contributed by atoms with van der Waals surface area (Å²) in [5.74, 6) is -0.584. The lowest BCUT2D eigenvalue weighted by Gasteiger charge is -2.18. The zero-order valence-corrected chi connectivity index (χ0v) is 14.0. The van der Waals surface area contributed by atoms with Crippen molar-refractivity contribution < 1.29 is 14.5 Å². The van der Waals surface area contributed by atoms with Gasteiger partial charge in [-0.3, -0.25) is 19.7 Å². The van der Waals surface area contributed by atoms with Gasteiger partial charge in [-0.1, -0.05) is 36.4 Å². The van der Waals surface area contributed by atoms with E-state index < -0.39 is 11.0 Å². The van der Waals surface area contributed by atoms with Gasteiger partial charge in [0.25, 0.3) is 5.69 Å². The van der Waals surface area contributed by atoms with Crippen LogP contribution in [0, 0.1) is 17.0 Å². The van der Waals surface area contributed by atoms with Crippen molar-refractivity contribution >= 4 is 23.2 Å². The Bertz CT molecular complexity index is 790. The summed E-state index contributed by atoms with van der Waals surface area (Å²) in [5, 5.41) is 16.4. The van der Waals surface area contributed by atoms with Gasteiger partial charge < -0.3 is 10.6 Å². The van der Waals surface area contributed by atoms with E-state index in [-0.39, 0.29) is 23.9 Å². The molecule has 2 rings (SSSR count). The highest BCUT2D eigenvalue weighted by Crippen LogP contribution is 2.26. The van der Waals surface area contributed by atoms with Crippen molar-refractivity contribution in [2.45, 2.75) is 26.3 Å². The molecular formula is C18H19N3O4. The number of hydrogen-bond donors (Lipinski definition) is 2. The molecule has 1 atom stereocenters. The summed E-state index contributed by atoms with van der Waals surface area (Å²) >= 11 is 0. The highest BCUT2D eigenvalue weighted by atomic mass is 16.6. The van der Waals surface area contributed by atoms with Crippen molar-refractivity contribution in [3.63, 3.8) is 0 Å². The minimum atomic E-state index is -0.491. The van der Waals surface area contributed by atoms with Gasteiger partial charge in [-0.25, -0.2) is 0 Å². The second-order valence-electron chi connectivity index (χ2n) is 5.62. The number of carbonyl (C=O) groups excluding carboxylic acids is 2. The summed E-state index contributed by atoms with van der Waals surface area (Å²) in [4.78, 5) is 34.3. The van der Waals surface area contributed by atoms with E-state index in [4.69, 9.17) is 0 Å². The summed E-state index contributed by atoms with van der Waals surface area (Å²) in [6.07, 6.45) is 0.0196. The molecule has 7 heteroatoms. The molecular weight excluding hydrogens is 322 g/mol. The smallest absolute Gasteiger partial charge is 0.274 e. The first-order valence-corrected chi connectivity index (χ1v) is 7.74. The van der Waals surface area contributed by atoms with E-state index in [0.29, 0.717) is 11.3 Å². The van der Waals surface area contributed by atoms with E-state index in [2.05, 4.69) is 10.6 Å². The third-order valence-electron chi connectivity index (χ3n) is 3.74. The molecule has 2 aromatic rings. The minimum Gasteiger partial charge on any atom is -0.349 e. The topological polar surface area (TPSA) is 101 Å². The van der Waals surface area contributed by atoms with Crippen molar-refractivity contribution in [2.24, 2.45) is 0 Å². The maximum absolute atomic E-state index is 12.4. The Hall–Kier alpha value is -3.22. The highest BCUT2D eigenvalue weighted by molar-refractivity contribution is 5.92. The third-order valence-corrected chi connectivity index (χ3v) is 3.74. The summed E-state index contributed by atoms with van der Waals surface area (Å²) in [5.41, 5.74) is 1.52. The number of anilines is 1. The van der Waals surface area contributed by atoms with Crippen molar-refractivity contribution in [1.82, 2.24) is 5.32 Å². The van der Waals surface area contributed by atoms with Crippen LogP contribution in [-0.4, -0.2) is 16.7 Å². The van der Waals surface area contributed by atoms with Gasteiger partial charge in [0.2, 0.25) is 11.8 Å². The largest absolute Gasteiger partial charge is 0.349 e. The minimum absolute atomic E-state index is 0.0196. The van der Waals surface area contributed by atoms with Gasteiger partial charge in [0.05, 0.1) is 28.6 Å². The van der Waals surface area contributed by atoms with Crippen LogP contribution in [0.15, 0.2) is 48.5 Å². The highest BCUT2D eigenvalue weighted by Gasteiger charge is 2.19. The lowest BCUT2D eigenvalue weighted by Crippen LogP contribution is -2.29. The molecule has 2 amide bonds. The molecule has 0 aliphatic rings. The Morgan fingerprint density at radius 3 is 2.40 bits per heavy atom. The number of rotatable bonds is 6. The van der Waals surface area contributed by atoms with Crippen LogP contribution in [0.5, 0.6) is 0 Å². The standard InChI is InChI=1S/C18H19N3O4/c1-12-15(9-6-10-17(12)21(24)25)20-18(23)11-16(19-13(2)22)14-7-4-3-5-8-14/h3-10,16H,11H2,1-2H3,(H,19,22)(H,20,23)/t16-/m1/s1. The molecule has 0 unspecified atom stereocenters. The summed E-state index contributed by atoms with van der Waals surface area (Å²) in [6.45, 7) is 2.97. The Balaban J connectivity index is 2.16. The van der Waals surface area contributed by atoms with Gasteiger partial charge >= 0.3 is 0 Å². The molecule has 0 spiro atoms. The van der Waals surface area contributed by atoms with E-state index >= 15 is 0 Å². The first-order valence-electron chi connectivity index (χ1n) is 7.74. The normalized spacial score (nSPS) is 11.4. The molecule has 0 aliphatic heterocycles. The van der Waals surface area contributed by atoms with E-state index in [0.717, 1.165) is 5.56 Å². The number of nitro groups is 1. The fourth-order valence-corrected chi connectivity index (χ4v) is 2.53. The van der Waals surface area contributed by atoms with Crippen LogP contribution in [0.4, 0.5) is 11.4 Å². The van der Waals surface area contributed by atoms with Gasteiger partial charge in [-0.15, -0.1) is 0 Å². The van der Waals surface area contributed by atoms with Gasteiger partial charge in [-0.05, 0) is 18.6 Å². The SMILES string of the molecule is CC(=O)N[C@H](CC(=O)Nc1cccc([N+](=O)[O-])c1C)c1ccccc1. The monoisotopic (exact) mass is 341 g/mol.